The van der Waals surface area contributed by atoms with Crippen molar-refractivity contribution >= 4 is 5.78 Å². The lowest BCUT2D eigenvalue weighted by Crippen LogP contribution is -2.33. The van der Waals surface area contributed by atoms with Gasteiger partial charge in [0.15, 0.2) is 5.78 Å². The van der Waals surface area contributed by atoms with Gasteiger partial charge in [-0.1, -0.05) is 32.0 Å². The zero-order chi connectivity index (χ0) is 17.5. The summed E-state index contributed by atoms with van der Waals surface area (Å²) in [5.41, 5.74) is 7.35. The van der Waals surface area contributed by atoms with Gasteiger partial charge >= 0.3 is 0 Å². The molecule has 0 spiro atoms. The summed E-state index contributed by atoms with van der Waals surface area (Å²) in [6.45, 7) is 4.05. The van der Waals surface area contributed by atoms with E-state index in [4.69, 9.17) is 15.2 Å². The van der Waals surface area contributed by atoms with E-state index >= 15 is 0 Å². The highest BCUT2D eigenvalue weighted by Gasteiger charge is 2.43. The Balaban J connectivity index is 2.23. The Kier molecular flexibility index (Phi) is 3.84. The van der Waals surface area contributed by atoms with E-state index in [-0.39, 0.29) is 22.7 Å². The molecule has 1 atom stereocenters. The number of hydrogen-bond acceptors (Lipinski definition) is 5. The Labute approximate surface area is 141 Å². The van der Waals surface area contributed by atoms with Crippen LogP contribution >= 0.6 is 0 Å². The smallest absolute Gasteiger partial charge is 0.205 e. The van der Waals surface area contributed by atoms with E-state index in [0.717, 1.165) is 5.56 Å². The number of hydrogen-bond donors (Lipinski definition) is 1. The Morgan fingerprint density at radius 3 is 2.71 bits per heavy atom. The first-order chi connectivity index (χ1) is 11.4. The van der Waals surface area contributed by atoms with Crippen LogP contribution in [0.15, 0.2) is 47.1 Å². The normalized spacial score (nSPS) is 22.6. The molecule has 2 N–H and O–H groups in total. The number of nitrogens with zero attached hydrogens (tertiary/aromatic N) is 1. The second kappa shape index (κ2) is 5.72. The Morgan fingerprint density at radius 1 is 1.33 bits per heavy atom. The fraction of sp³-hybridized carbons (Fsp3) is 0.368. The number of nitrogens with two attached hydrogens (primary N) is 1. The number of carbonyl (C=O) groups is 1. The van der Waals surface area contributed by atoms with Crippen LogP contribution < -0.4 is 10.5 Å². The maximum Gasteiger partial charge on any atom is 0.205 e. The zero-order valence-electron chi connectivity index (χ0n) is 14.1. The fourth-order valence-corrected chi connectivity index (χ4v) is 3.50. The van der Waals surface area contributed by atoms with Gasteiger partial charge < -0.3 is 15.2 Å². The van der Waals surface area contributed by atoms with Gasteiger partial charge in [-0.05, 0) is 11.5 Å². The lowest BCUT2D eigenvalue weighted by Gasteiger charge is -2.37. The van der Waals surface area contributed by atoms with Crippen LogP contribution in [0.25, 0.3) is 0 Å². The number of rotatable bonds is 2. The molecule has 5 nitrogen and oxygen atoms in total. The van der Waals surface area contributed by atoms with Crippen LogP contribution in [0.3, 0.4) is 0 Å². The van der Waals surface area contributed by atoms with Crippen molar-refractivity contribution in [3.8, 4) is 11.8 Å². The monoisotopic (exact) mass is 324 g/mol. The molecule has 0 bridgehead atoms. The number of ketones is 1. The number of ether oxygens (including phenoxy) is 2. The first kappa shape index (κ1) is 16.1. The molecule has 0 saturated carbocycles. The molecule has 1 aliphatic carbocycles. The Bertz CT molecular complexity index is 812. The van der Waals surface area contributed by atoms with Gasteiger partial charge in [-0.15, -0.1) is 0 Å². The maximum absolute atomic E-state index is 12.8. The van der Waals surface area contributed by atoms with Crippen molar-refractivity contribution in [2.75, 3.05) is 7.11 Å². The zero-order valence-corrected chi connectivity index (χ0v) is 14.1. The van der Waals surface area contributed by atoms with Crippen LogP contribution in [0.2, 0.25) is 0 Å². The van der Waals surface area contributed by atoms with Gasteiger partial charge in [0.25, 0.3) is 0 Å². The van der Waals surface area contributed by atoms with Gasteiger partial charge in [0.1, 0.15) is 23.2 Å². The molecule has 0 amide bonds. The summed E-state index contributed by atoms with van der Waals surface area (Å²) < 4.78 is 11.1. The molecule has 24 heavy (non-hydrogen) atoms. The minimum absolute atomic E-state index is 0.00240. The van der Waals surface area contributed by atoms with E-state index < -0.39 is 5.92 Å². The third kappa shape index (κ3) is 2.54. The number of para-hydroxylation sites is 1. The lowest BCUT2D eigenvalue weighted by molar-refractivity contribution is -0.119. The predicted molar refractivity (Wildman–Crippen MR) is 88.7 cm³/mol. The first-order valence-corrected chi connectivity index (χ1v) is 7.84. The van der Waals surface area contributed by atoms with Gasteiger partial charge in [-0.3, -0.25) is 4.79 Å². The summed E-state index contributed by atoms with van der Waals surface area (Å²) in [4.78, 5) is 12.8. The minimum Gasteiger partial charge on any atom is -0.496 e. The molecule has 0 saturated heterocycles. The van der Waals surface area contributed by atoms with E-state index in [1.807, 2.05) is 38.1 Å². The molecule has 1 aliphatic heterocycles. The van der Waals surface area contributed by atoms with E-state index in [1.54, 1.807) is 7.11 Å². The number of carbonyl (C=O) groups excluding carboxylic acids is 1. The van der Waals surface area contributed by atoms with Crippen LogP contribution in [0, 0.1) is 16.7 Å². The molecule has 3 rings (SSSR count). The van der Waals surface area contributed by atoms with Gasteiger partial charge in [-0.2, -0.15) is 5.26 Å². The second-order valence-corrected chi connectivity index (χ2v) is 6.94. The average Bonchev–Trinajstić information content (AvgIpc) is 2.52. The van der Waals surface area contributed by atoms with Crippen molar-refractivity contribution in [3.63, 3.8) is 0 Å². The standard InChI is InChI=1S/C19H20N2O3/c1-19(2)8-13(22)17-15(9-19)24-18(21)12(10-20)16(17)11-6-4-5-7-14(11)23-3/h4-7,16H,8-9,21H2,1-3H3. The quantitative estimate of drug-likeness (QED) is 0.903. The Morgan fingerprint density at radius 2 is 2.04 bits per heavy atom. The lowest BCUT2D eigenvalue weighted by atomic mass is 9.70. The van der Waals surface area contributed by atoms with Gasteiger partial charge in [0, 0.05) is 24.0 Å². The minimum atomic E-state index is -0.543. The molecular formula is C19H20N2O3. The average molecular weight is 324 g/mol. The molecule has 124 valence electrons. The molecule has 0 fully saturated rings. The molecule has 5 heteroatoms. The van der Waals surface area contributed by atoms with Crippen molar-refractivity contribution in [1.29, 1.82) is 5.26 Å². The first-order valence-electron chi connectivity index (χ1n) is 7.84. The number of nitriles is 1. The molecule has 1 aromatic carbocycles. The fourth-order valence-electron chi connectivity index (χ4n) is 3.50. The number of benzene rings is 1. The highest BCUT2D eigenvalue weighted by Crippen LogP contribution is 2.49. The van der Waals surface area contributed by atoms with Crippen molar-refractivity contribution in [3.05, 3.63) is 52.6 Å². The summed E-state index contributed by atoms with van der Waals surface area (Å²) in [7, 11) is 1.57. The van der Waals surface area contributed by atoms with Crippen LogP contribution in [0.5, 0.6) is 5.75 Å². The highest BCUT2D eigenvalue weighted by atomic mass is 16.5. The van der Waals surface area contributed by atoms with Gasteiger partial charge in [0.2, 0.25) is 5.88 Å². The van der Waals surface area contributed by atoms with Gasteiger partial charge in [-0.25, -0.2) is 0 Å². The number of allylic oxidation sites excluding steroid dienone is 3. The van der Waals surface area contributed by atoms with E-state index in [0.29, 0.717) is 29.9 Å². The van der Waals surface area contributed by atoms with Crippen molar-refractivity contribution in [2.45, 2.75) is 32.6 Å². The third-order valence-corrected chi connectivity index (χ3v) is 4.53. The molecule has 2 aliphatic rings. The molecule has 1 aromatic rings. The molecule has 0 radical (unpaired) electrons. The predicted octanol–water partition coefficient (Wildman–Crippen LogP) is 3.15. The summed E-state index contributed by atoms with van der Waals surface area (Å²) >= 11 is 0. The number of methoxy groups -OCH3 is 1. The van der Waals surface area contributed by atoms with Crippen molar-refractivity contribution < 1.29 is 14.3 Å². The largest absolute Gasteiger partial charge is 0.496 e. The summed E-state index contributed by atoms with van der Waals surface area (Å²) in [5, 5.41) is 9.59. The van der Waals surface area contributed by atoms with Crippen molar-refractivity contribution in [1.82, 2.24) is 0 Å². The highest BCUT2D eigenvalue weighted by molar-refractivity contribution is 6.00. The molecule has 0 aromatic heterocycles. The maximum atomic E-state index is 12.8. The van der Waals surface area contributed by atoms with Gasteiger partial charge in [0.05, 0.1) is 13.0 Å². The van der Waals surface area contributed by atoms with E-state index in [1.165, 1.54) is 0 Å². The van der Waals surface area contributed by atoms with Crippen molar-refractivity contribution in [2.24, 2.45) is 11.1 Å². The topological polar surface area (TPSA) is 85.3 Å². The second-order valence-electron chi connectivity index (χ2n) is 6.94. The van der Waals surface area contributed by atoms with Crippen LogP contribution in [-0.2, 0) is 9.53 Å². The number of Topliss-reactive ketones (excluding diaryl/α,β-unsaturated/α-hetero) is 1. The van der Waals surface area contributed by atoms with Crippen LogP contribution in [0.4, 0.5) is 0 Å². The molecular weight excluding hydrogens is 304 g/mol. The summed E-state index contributed by atoms with van der Waals surface area (Å²) in [6, 6.07) is 9.49. The summed E-state index contributed by atoms with van der Waals surface area (Å²) in [5.74, 6) is 0.714. The summed E-state index contributed by atoms with van der Waals surface area (Å²) in [6.07, 6.45) is 1.03. The third-order valence-electron chi connectivity index (χ3n) is 4.53. The molecule has 1 heterocycles. The van der Waals surface area contributed by atoms with Crippen LogP contribution in [0.1, 0.15) is 38.2 Å². The van der Waals surface area contributed by atoms with E-state index in [2.05, 4.69) is 6.07 Å². The SMILES string of the molecule is COc1ccccc1C1C(C#N)=C(N)OC2=C1C(=O)CC(C)(C)C2. The molecule has 1 unspecified atom stereocenters. The van der Waals surface area contributed by atoms with E-state index in [9.17, 15) is 10.1 Å². The van der Waals surface area contributed by atoms with Crippen LogP contribution in [-0.4, -0.2) is 12.9 Å². The Hall–Kier alpha value is -2.74.